The van der Waals surface area contributed by atoms with Crippen molar-refractivity contribution < 1.29 is 4.74 Å². The second-order valence-corrected chi connectivity index (χ2v) is 7.75. The first-order valence-electron chi connectivity index (χ1n) is 9.93. The lowest BCUT2D eigenvalue weighted by Gasteiger charge is -2.26. The lowest BCUT2D eigenvalue weighted by atomic mass is 9.95. The molecule has 0 fully saturated rings. The van der Waals surface area contributed by atoms with E-state index in [1.165, 1.54) is 6.21 Å². The molecule has 0 spiro atoms. The summed E-state index contributed by atoms with van der Waals surface area (Å²) in [5.74, 6) is 2.22. The van der Waals surface area contributed by atoms with Gasteiger partial charge in [0.15, 0.2) is 0 Å². The van der Waals surface area contributed by atoms with Crippen molar-refractivity contribution in [1.82, 2.24) is 9.97 Å². The average Bonchev–Trinajstić information content (AvgIpc) is 2.87. The lowest BCUT2D eigenvalue weighted by molar-refractivity contribution is 0.329. The molecule has 0 saturated carbocycles. The highest BCUT2D eigenvalue weighted by Crippen LogP contribution is 2.35. The molecule has 154 valence electrons. The minimum absolute atomic E-state index is 0.149. The van der Waals surface area contributed by atoms with Crippen molar-refractivity contribution in [2.75, 3.05) is 30.8 Å². The predicted molar refractivity (Wildman–Crippen MR) is 119 cm³/mol. The van der Waals surface area contributed by atoms with Crippen LogP contribution in [-0.4, -0.2) is 42.6 Å². The summed E-state index contributed by atoms with van der Waals surface area (Å²) in [4.78, 5) is 15.3. The van der Waals surface area contributed by atoms with E-state index >= 15 is 0 Å². The Morgan fingerprint density at radius 2 is 2.03 bits per heavy atom. The van der Waals surface area contributed by atoms with Crippen LogP contribution in [0.5, 0.6) is 5.75 Å². The van der Waals surface area contributed by atoms with Crippen LogP contribution in [0.4, 0.5) is 11.8 Å². The zero-order valence-electron chi connectivity index (χ0n) is 17.9. The van der Waals surface area contributed by atoms with Gasteiger partial charge in [-0.2, -0.15) is 4.98 Å². The number of anilines is 2. The number of benzene rings is 1. The fourth-order valence-corrected chi connectivity index (χ4v) is 4.01. The van der Waals surface area contributed by atoms with E-state index in [4.69, 9.17) is 15.9 Å². The van der Waals surface area contributed by atoms with Crippen molar-refractivity contribution in [1.29, 1.82) is 5.41 Å². The topological polar surface area (TPSA) is 100 Å². The largest absolute Gasteiger partial charge is 0.491 e. The van der Waals surface area contributed by atoms with Gasteiger partial charge >= 0.3 is 0 Å². The quantitative estimate of drug-likeness (QED) is 0.754. The number of fused-ring (bicyclic) bond motifs is 1. The smallest absolute Gasteiger partial charge is 0.222 e. The first-order valence-corrected chi connectivity index (χ1v) is 9.93. The van der Waals surface area contributed by atoms with Gasteiger partial charge in [0.1, 0.15) is 18.2 Å². The van der Waals surface area contributed by atoms with Gasteiger partial charge in [0.2, 0.25) is 5.95 Å². The monoisotopic (exact) mass is 394 g/mol. The highest BCUT2D eigenvalue weighted by atomic mass is 16.5. The Labute approximate surface area is 172 Å². The lowest BCUT2D eigenvalue weighted by Crippen LogP contribution is -2.28. The van der Waals surface area contributed by atoms with Crippen LogP contribution < -0.4 is 15.4 Å². The van der Waals surface area contributed by atoms with Gasteiger partial charge in [0.05, 0.1) is 12.5 Å². The van der Waals surface area contributed by atoms with Crippen LogP contribution in [0.1, 0.15) is 53.6 Å². The van der Waals surface area contributed by atoms with Gasteiger partial charge in [0.25, 0.3) is 0 Å². The molecular weight excluding hydrogens is 364 g/mol. The molecule has 7 heteroatoms. The molecular formula is C22H30N6O. The molecule has 0 saturated heterocycles. The van der Waals surface area contributed by atoms with Gasteiger partial charge in [-0.15, -0.1) is 0 Å². The van der Waals surface area contributed by atoms with Crippen molar-refractivity contribution in [3.63, 3.8) is 0 Å². The van der Waals surface area contributed by atoms with E-state index in [0.717, 1.165) is 39.5 Å². The van der Waals surface area contributed by atoms with E-state index in [-0.39, 0.29) is 11.8 Å². The Balaban J connectivity index is 2.07. The van der Waals surface area contributed by atoms with Gasteiger partial charge in [-0.1, -0.05) is 19.9 Å². The number of aliphatic imine (C=N–C) groups is 1. The fourth-order valence-electron chi connectivity index (χ4n) is 4.01. The normalized spacial score (nSPS) is 15.2. The molecule has 29 heavy (non-hydrogen) atoms. The fraction of sp³-hybridized carbons (Fsp3) is 0.455. The van der Waals surface area contributed by atoms with E-state index in [2.05, 4.69) is 52.8 Å². The Bertz CT molecular complexity index is 937. The number of hydrogen-bond acceptors (Lipinski definition) is 7. The molecule has 0 aliphatic carbocycles. The van der Waals surface area contributed by atoms with Crippen molar-refractivity contribution in [2.24, 2.45) is 4.99 Å². The summed E-state index contributed by atoms with van der Waals surface area (Å²) in [6.07, 6.45) is 3.20. The molecule has 2 aromatic rings. The maximum atomic E-state index is 7.76. The summed E-state index contributed by atoms with van der Waals surface area (Å²) >= 11 is 0. The molecule has 0 amide bonds. The Hall–Kier alpha value is -2.96. The van der Waals surface area contributed by atoms with Gasteiger partial charge in [-0.05, 0) is 37.0 Å². The second-order valence-electron chi connectivity index (χ2n) is 7.75. The summed E-state index contributed by atoms with van der Waals surface area (Å²) < 4.78 is 6.11. The molecule has 3 rings (SSSR count). The highest BCUT2D eigenvalue weighted by molar-refractivity contribution is 5.89. The molecule has 0 bridgehead atoms. The Kier molecular flexibility index (Phi) is 6.15. The molecule has 1 aromatic heterocycles. The van der Waals surface area contributed by atoms with Crippen LogP contribution in [0.15, 0.2) is 17.1 Å². The number of aromatic nitrogens is 2. The third-order valence-electron chi connectivity index (χ3n) is 5.23. The highest BCUT2D eigenvalue weighted by Gasteiger charge is 2.24. The predicted octanol–water partition coefficient (Wildman–Crippen LogP) is 3.63. The summed E-state index contributed by atoms with van der Waals surface area (Å²) in [7, 11) is 1.73. The van der Waals surface area contributed by atoms with Crippen molar-refractivity contribution >= 4 is 24.2 Å². The summed E-state index contributed by atoms with van der Waals surface area (Å²) in [5.41, 5.74) is 11.2. The van der Waals surface area contributed by atoms with Crippen LogP contribution in [0.3, 0.4) is 0 Å². The molecule has 7 nitrogen and oxygen atoms in total. The molecule has 1 unspecified atom stereocenters. The van der Waals surface area contributed by atoms with Gasteiger partial charge in [-0.3, -0.25) is 4.99 Å². The molecule has 1 aromatic carbocycles. The standard InChI is InChI=1S/C22H30N6O/c1-13(2)19-15(4)26-22(24)27-21(19)28-6-7-29-20-14(3)8-16(9-17(20)12-28)18(10-23)11-25-5/h8-11,13,18,23H,6-7,12H2,1-5H3,(H2,24,26,27). The van der Waals surface area contributed by atoms with Crippen molar-refractivity contribution in [3.05, 3.63) is 40.1 Å². The van der Waals surface area contributed by atoms with E-state index in [1.807, 2.05) is 6.92 Å². The first-order chi connectivity index (χ1) is 13.8. The first kappa shape index (κ1) is 20.8. The van der Waals surface area contributed by atoms with Crippen molar-refractivity contribution in [3.8, 4) is 5.75 Å². The molecule has 3 N–H and O–H groups in total. The number of nitrogens with one attached hydrogen (secondary N) is 1. The molecule has 1 atom stereocenters. The van der Waals surface area contributed by atoms with Gasteiger partial charge in [0, 0.05) is 42.8 Å². The van der Waals surface area contributed by atoms with Crippen molar-refractivity contribution in [2.45, 2.75) is 46.1 Å². The molecule has 1 aliphatic rings. The third kappa shape index (κ3) is 4.23. The van der Waals surface area contributed by atoms with Crippen LogP contribution in [0.25, 0.3) is 0 Å². The van der Waals surface area contributed by atoms with Crippen LogP contribution >= 0.6 is 0 Å². The number of aryl methyl sites for hydroxylation is 2. The maximum absolute atomic E-state index is 7.76. The zero-order chi connectivity index (χ0) is 21.1. The van der Waals surface area contributed by atoms with E-state index in [0.29, 0.717) is 25.6 Å². The van der Waals surface area contributed by atoms with Crippen LogP contribution in [0, 0.1) is 19.3 Å². The molecule has 1 aliphatic heterocycles. The average molecular weight is 395 g/mol. The number of rotatable bonds is 5. The molecule has 2 heterocycles. The number of hydrogen-bond donors (Lipinski definition) is 2. The van der Waals surface area contributed by atoms with Gasteiger partial charge in [-0.25, -0.2) is 4.98 Å². The van der Waals surface area contributed by atoms with Gasteiger partial charge < -0.3 is 20.8 Å². The van der Waals surface area contributed by atoms with E-state index < -0.39 is 0 Å². The number of nitrogens with two attached hydrogens (primary N) is 1. The van der Waals surface area contributed by atoms with E-state index in [9.17, 15) is 0 Å². The van der Waals surface area contributed by atoms with E-state index in [1.54, 1.807) is 13.3 Å². The second kappa shape index (κ2) is 8.59. The Morgan fingerprint density at radius 1 is 1.28 bits per heavy atom. The summed E-state index contributed by atoms with van der Waals surface area (Å²) in [6.45, 7) is 10.3. The summed E-state index contributed by atoms with van der Waals surface area (Å²) in [5, 5.41) is 7.76. The van der Waals surface area contributed by atoms with Crippen LogP contribution in [0.2, 0.25) is 0 Å². The minimum atomic E-state index is -0.149. The zero-order valence-corrected chi connectivity index (χ0v) is 17.9. The SMILES string of the molecule is CN=CC(C=N)c1cc(C)c2c(c1)CN(c1nc(N)nc(C)c1C(C)C)CCO2. The third-order valence-corrected chi connectivity index (χ3v) is 5.23. The summed E-state index contributed by atoms with van der Waals surface area (Å²) in [6, 6.07) is 4.20. The number of nitrogens with zero attached hydrogens (tertiary/aromatic N) is 4. The maximum Gasteiger partial charge on any atom is 0.222 e. The van der Waals surface area contributed by atoms with Crippen LogP contribution in [-0.2, 0) is 6.54 Å². The Morgan fingerprint density at radius 3 is 2.69 bits per heavy atom. The molecule has 0 radical (unpaired) electrons. The minimum Gasteiger partial charge on any atom is -0.491 e. The number of nitrogen functional groups attached to an aromatic ring is 1. The number of ether oxygens (including phenoxy) is 1.